The van der Waals surface area contributed by atoms with Crippen LogP contribution in [0, 0.1) is 40.9 Å². The van der Waals surface area contributed by atoms with Crippen LogP contribution >= 0.6 is 0 Å². The number of aliphatic carboxylic acids is 1. The lowest BCUT2D eigenvalue weighted by atomic mass is 9.41. The molecule has 1 N–H and O–H groups in total. The maximum absolute atomic E-state index is 17.2. The van der Waals surface area contributed by atoms with Crippen molar-refractivity contribution in [1.82, 2.24) is 0 Å². The van der Waals surface area contributed by atoms with Gasteiger partial charge >= 0.3 is 29.8 Å². The van der Waals surface area contributed by atoms with E-state index in [1.807, 2.05) is 24.3 Å². The molecule has 8 heterocycles. The zero-order valence-electron chi connectivity index (χ0n) is 53.9. The van der Waals surface area contributed by atoms with Gasteiger partial charge in [-0.25, -0.2) is 0 Å². The maximum Gasteiger partial charge on any atom is 0.313 e. The Labute approximate surface area is 532 Å². The lowest BCUT2D eigenvalue weighted by Crippen LogP contribution is -2.72. The van der Waals surface area contributed by atoms with Gasteiger partial charge in [0.1, 0.15) is 5.41 Å². The number of rotatable bonds is 30. The van der Waals surface area contributed by atoms with E-state index in [9.17, 15) is 24.3 Å². The molecular formula is C76H96O14. The number of methoxy groups -OCH3 is 4. The lowest BCUT2D eigenvalue weighted by Gasteiger charge is -2.63. The van der Waals surface area contributed by atoms with Gasteiger partial charge in [0.15, 0.2) is 0 Å². The van der Waals surface area contributed by atoms with Gasteiger partial charge in [0.05, 0.1) is 75.3 Å². The van der Waals surface area contributed by atoms with Gasteiger partial charge in [-0.3, -0.25) is 24.0 Å². The molecule has 8 aliphatic rings. The molecule has 0 aliphatic carbocycles. The molecule has 8 saturated heterocycles. The highest BCUT2D eigenvalue weighted by Gasteiger charge is 2.81. The Balaban J connectivity index is 1.08. The van der Waals surface area contributed by atoms with Crippen LogP contribution in [0.15, 0.2) is 97.1 Å². The zero-order valence-corrected chi connectivity index (χ0v) is 53.9. The Morgan fingerprint density at radius 1 is 0.456 bits per heavy atom. The second-order valence-corrected chi connectivity index (χ2v) is 28.2. The first kappa shape index (κ1) is 64.2. The van der Waals surface area contributed by atoms with E-state index in [-0.39, 0.29) is 97.6 Å². The van der Waals surface area contributed by atoms with Crippen LogP contribution in [0.25, 0.3) is 0 Å². The van der Waals surface area contributed by atoms with Gasteiger partial charge in [-0.2, -0.15) is 0 Å². The Bertz CT molecular complexity index is 3250. The zero-order chi connectivity index (χ0) is 62.8. The minimum Gasteiger partial charge on any atom is -0.481 e. The van der Waals surface area contributed by atoms with Crippen LogP contribution in [-0.2, 0) is 113 Å². The van der Waals surface area contributed by atoms with Crippen LogP contribution in [0.5, 0.6) is 0 Å². The second-order valence-electron chi connectivity index (χ2n) is 28.2. The van der Waals surface area contributed by atoms with Gasteiger partial charge in [0, 0.05) is 37.5 Å². The number of carbonyl (C=O) groups is 5. The van der Waals surface area contributed by atoms with E-state index in [0.29, 0.717) is 96.3 Å². The van der Waals surface area contributed by atoms with Gasteiger partial charge in [0.2, 0.25) is 0 Å². The Kier molecular flexibility index (Phi) is 19.2. The van der Waals surface area contributed by atoms with Gasteiger partial charge in [-0.15, -0.1) is 0 Å². The molecule has 15 atom stereocenters. The number of fused-ring (bicyclic) bond motifs is 8. The molecule has 14 nitrogen and oxygen atoms in total. The standard InChI is InChI=1S/C76H96O14/c1-6-15-65(73-37-33-62(88-73)45-58(73)41-54-21-12-8-17-50(54)25-29-68(78)84-3)76(71(81)82,75-39-35-64(90-75)47-60(75)43-56-23-14-10-19-52(56)27-31-70(80)86-5)66(74-38-34-63(89-74)46-59(74)42-55-22-13-9-18-51(55)26-30-69(79)85-4)48-72-36-32-61(87-72)44-57(72)40-53-20-11-7-16-49(53)24-28-67(77)83-2/h7-14,16-23,57-66H,6,15,24-48H2,1-5H3,(H,81,82). The van der Waals surface area contributed by atoms with E-state index in [0.717, 1.165) is 90.3 Å². The summed E-state index contributed by atoms with van der Waals surface area (Å²) in [6.07, 6.45) is 16.2. The number of carboxylic acids is 1. The minimum atomic E-state index is -1.63. The molecule has 4 aromatic carbocycles. The van der Waals surface area contributed by atoms with Crippen LogP contribution in [0.2, 0.25) is 0 Å². The summed E-state index contributed by atoms with van der Waals surface area (Å²) >= 11 is 0. The molecule has 90 heavy (non-hydrogen) atoms. The SMILES string of the molecule is CCCC(C12CCC(CC1Cc1ccccc1CCC(=O)OC)O2)C(C(=O)O)(C(CC12CCC(CC1Cc1ccccc1CCC(=O)OC)O2)C12CCC(CC1Cc1ccccc1CCC(=O)OC)O2)C12CCC(CC1Cc1ccccc1CCC(=O)OC)O2. The predicted octanol–water partition coefficient (Wildman–Crippen LogP) is 12.6. The molecule has 484 valence electrons. The third-order valence-electron chi connectivity index (χ3n) is 24.1. The van der Waals surface area contributed by atoms with Gasteiger partial charge < -0.3 is 43.0 Å². The van der Waals surface area contributed by atoms with Crippen molar-refractivity contribution in [2.45, 2.75) is 227 Å². The number of hydrogen-bond donors (Lipinski definition) is 1. The van der Waals surface area contributed by atoms with Crippen LogP contribution < -0.4 is 0 Å². The Hall–Kier alpha value is -5.93. The summed E-state index contributed by atoms with van der Waals surface area (Å²) in [5, 5.41) is 14.1. The molecule has 8 bridgehead atoms. The van der Waals surface area contributed by atoms with Crippen molar-refractivity contribution < 1.29 is 67.0 Å². The van der Waals surface area contributed by atoms with Gasteiger partial charge in [0.25, 0.3) is 0 Å². The van der Waals surface area contributed by atoms with Crippen molar-refractivity contribution in [2.75, 3.05) is 28.4 Å². The predicted molar refractivity (Wildman–Crippen MR) is 338 cm³/mol. The summed E-state index contributed by atoms with van der Waals surface area (Å²) in [6.45, 7) is 2.22. The molecule has 8 fully saturated rings. The highest BCUT2D eigenvalue weighted by atomic mass is 16.6. The van der Waals surface area contributed by atoms with Crippen molar-refractivity contribution in [3.8, 4) is 0 Å². The van der Waals surface area contributed by atoms with Crippen molar-refractivity contribution in [3.63, 3.8) is 0 Å². The molecule has 0 aromatic heterocycles. The molecule has 15 unspecified atom stereocenters. The van der Waals surface area contributed by atoms with Crippen LogP contribution in [0.4, 0.5) is 0 Å². The fraction of sp³-hybridized carbons (Fsp3) is 0.618. The topological polar surface area (TPSA) is 179 Å². The Morgan fingerprint density at radius 2 is 0.800 bits per heavy atom. The summed E-state index contributed by atoms with van der Waals surface area (Å²) in [5.41, 5.74) is 3.48. The van der Waals surface area contributed by atoms with Crippen LogP contribution in [0.3, 0.4) is 0 Å². The monoisotopic (exact) mass is 1230 g/mol. The summed E-state index contributed by atoms with van der Waals surface area (Å²) < 4.78 is 52.3. The average molecular weight is 1230 g/mol. The number of hydrogen-bond acceptors (Lipinski definition) is 13. The van der Waals surface area contributed by atoms with E-state index in [1.54, 1.807) is 0 Å². The van der Waals surface area contributed by atoms with E-state index < -0.39 is 45.6 Å². The van der Waals surface area contributed by atoms with Crippen molar-refractivity contribution in [2.24, 2.45) is 40.9 Å². The first-order chi connectivity index (χ1) is 43.6. The first-order valence-corrected chi connectivity index (χ1v) is 34.1. The van der Waals surface area contributed by atoms with Gasteiger partial charge in [-0.05, 0) is 209 Å². The molecule has 0 spiro atoms. The second kappa shape index (κ2) is 27.0. The van der Waals surface area contributed by atoms with Crippen LogP contribution in [-0.4, -0.2) is 110 Å². The normalized spacial score (nSPS) is 31.3. The highest BCUT2D eigenvalue weighted by Crippen LogP contribution is 2.74. The number of benzene rings is 4. The number of ether oxygens (including phenoxy) is 8. The van der Waals surface area contributed by atoms with E-state index in [1.165, 1.54) is 34.0 Å². The molecule has 0 amide bonds. The Morgan fingerprint density at radius 3 is 1.19 bits per heavy atom. The summed E-state index contributed by atoms with van der Waals surface area (Å²) in [6, 6.07) is 33.8. The summed E-state index contributed by atoms with van der Waals surface area (Å²) in [5.74, 6) is -3.43. The molecule has 8 aliphatic heterocycles. The highest BCUT2D eigenvalue weighted by molar-refractivity contribution is 5.79. The quantitative estimate of drug-likeness (QED) is 0.0385. The van der Waals surface area contributed by atoms with E-state index >= 15 is 4.79 Å². The van der Waals surface area contributed by atoms with Crippen molar-refractivity contribution in [3.05, 3.63) is 142 Å². The van der Waals surface area contributed by atoms with Crippen LogP contribution in [0.1, 0.15) is 173 Å². The summed E-state index contributed by atoms with van der Waals surface area (Å²) in [4.78, 5) is 68.4. The third-order valence-corrected chi connectivity index (χ3v) is 24.1. The lowest BCUT2D eigenvalue weighted by molar-refractivity contribution is -0.259. The minimum absolute atomic E-state index is 0.00123. The number of aryl methyl sites for hydroxylation is 4. The molecule has 4 aromatic rings. The van der Waals surface area contributed by atoms with Crippen molar-refractivity contribution >= 4 is 29.8 Å². The molecule has 14 heteroatoms. The fourth-order valence-electron chi connectivity index (χ4n) is 20.2. The molecule has 0 radical (unpaired) electrons. The molecular weight excluding hydrogens is 1140 g/mol. The van der Waals surface area contributed by atoms with E-state index in [2.05, 4.69) is 79.7 Å². The number of carboxylic acid groups (broad SMARTS) is 1. The number of esters is 4. The third kappa shape index (κ3) is 11.9. The summed E-state index contributed by atoms with van der Waals surface area (Å²) in [7, 11) is 5.74. The molecule has 0 saturated carbocycles. The van der Waals surface area contributed by atoms with Gasteiger partial charge in [-0.1, -0.05) is 110 Å². The van der Waals surface area contributed by atoms with E-state index in [4.69, 9.17) is 37.9 Å². The smallest absolute Gasteiger partial charge is 0.313 e. The first-order valence-electron chi connectivity index (χ1n) is 34.1. The number of carbonyl (C=O) groups excluding carboxylic acids is 4. The largest absolute Gasteiger partial charge is 0.481 e. The fourth-order valence-corrected chi connectivity index (χ4v) is 20.2. The molecule has 12 rings (SSSR count). The van der Waals surface area contributed by atoms with Crippen molar-refractivity contribution in [1.29, 1.82) is 0 Å². The average Bonchev–Trinajstić information content (AvgIpc) is 1.39. The maximum atomic E-state index is 17.2.